The number of carbonyl (C=O) groups excluding carboxylic acids is 2. The molecule has 2 amide bonds. The van der Waals surface area contributed by atoms with E-state index in [1.807, 2.05) is 30.3 Å². The van der Waals surface area contributed by atoms with Gasteiger partial charge in [0, 0.05) is 23.1 Å². The van der Waals surface area contributed by atoms with Gasteiger partial charge in [-0.15, -0.1) is 0 Å². The molecular weight excluding hydrogens is 360 g/mol. The van der Waals surface area contributed by atoms with Gasteiger partial charge in [-0.2, -0.15) is 0 Å². The number of nitrogens with two attached hydrogens (primary N) is 1. The van der Waals surface area contributed by atoms with Crippen LogP contribution >= 0.6 is 15.9 Å². The standard InChI is InChI=1S/C17H17BrN2O3/c18-13-5-4-8-15(11-13)23-12-17(22)20(10-9-16(19)21)14-6-2-1-3-7-14/h1-8,11H,9-10,12H2,(H2,19,21). The maximum Gasteiger partial charge on any atom is 0.264 e. The van der Waals surface area contributed by atoms with Crippen LogP contribution in [0.15, 0.2) is 59.1 Å². The first-order valence-electron chi connectivity index (χ1n) is 7.08. The molecule has 0 saturated heterocycles. The van der Waals surface area contributed by atoms with Crippen molar-refractivity contribution in [2.24, 2.45) is 5.73 Å². The summed E-state index contributed by atoms with van der Waals surface area (Å²) in [6.07, 6.45) is 0.0948. The number of nitrogens with zero attached hydrogens (tertiary/aromatic N) is 1. The molecule has 0 aliphatic rings. The van der Waals surface area contributed by atoms with Crippen molar-refractivity contribution in [3.63, 3.8) is 0 Å². The summed E-state index contributed by atoms with van der Waals surface area (Å²) in [7, 11) is 0. The van der Waals surface area contributed by atoms with Gasteiger partial charge in [-0.1, -0.05) is 40.2 Å². The third kappa shape index (κ3) is 5.41. The second kappa shape index (κ2) is 8.33. The number of halogens is 1. The molecule has 0 unspecified atom stereocenters. The molecule has 2 rings (SSSR count). The number of anilines is 1. The van der Waals surface area contributed by atoms with Crippen molar-refractivity contribution in [1.82, 2.24) is 0 Å². The molecular formula is C17H17BrN2O3. The number of primary amides is 1. The highest BCUT2D eigenvalue weighted by molar-refractivity contribution is 9.10. The largest absolute Gasteiger partial charge is 0.484 e. The Kier molecular flexibility index (Phi) is 6.17. The topological polar surface area (TPSA) is 72.6 Å². The average molecular weight is 377 g/mol. The molecule has 0 saturated carbocycles. The Morgan fingerprint density at radius 2 is 1.83 bits per heavy atom. The predicted octanol–water partition coefficient (Wildman–Crippen LogP) is 2.74. The van der Waals surface area contributed by atoms with Gasteiger partial charge in [0.2, 0.25) is 5.91 Å². The fourth-order valence-corrected chi connectivity index (χ4v) is 2.39. The van der Waals surface area contributed by atoms with E-state index in [0.29, 0.717) is 11.4 Å². The summed E-state index contributed by atoms with van der Waals surface area (Å²) in [6.45, 7) is 0.101. The van der Waals surface area contributed by atoms with E-state index in [2.05, 4.69) is 15.9 Å². The number of para-hydroxylation sites is 1. The first-order chi connectivity index (χ1) is 11.1. The van der Waals surface area contributed by atoms with Crippen LogP contribution in [0.5, 0.6) is 5.75 Å². The molecule has 23 heavy (non-hydrogen) atoms. The minimum atomic E-state index is -0.452. The summed E-state index contributed by atoms with van der Waals surface area (Å²) in [5.74, 6) is -0.0975. The second-order valence-corrected chi connectivity index (χ2v) is 5.76. The van der Waals surface area contributed by atoms with Crippen molar-refractivity contribution in [3.8, 4) is 5.75 Å². The summed E-state index contributed by atoms with van der Waals surface area (Å²) >= 11 is 3.35. The van der Waals surface area contributed by atoms with Crippen molar-refractivity contribution >= 4 is 33.4 Å². The molecule has 2 N–H and O–H groups in total. The fraction of sp³-hybridized carbons (Fsp3) is 0.176. The van der Waals surface area contributed by atoms with Crippen LogP contribution < -0.4 is 15.4 Å². The molecule has 5 nitrogen and oxygen atoms in total. The molecule has 2 aromatic carbocycles. The quantitative estimate of drug-likeness (QED) is 0.807. The SMILES string of the molecule is NC(=O)CCN(C(=O)COc1cccc(Br)c1)c1ccccc1. The fourth-order valence-electron chi connectivity index (χ4n) is 2.01. The Morgan fingerprint density at radius 1 is 1.09 bits per heavy atom. The zero-order valence-electron chi connectivity index (χ0n) is 12.4. The number of hydrogen-bond donors (Lipinski definition) is 1. The summed E-state index contributed by atoms with van der Waals surface area (Å²) in [6, 6.07) is 16.4. The maximum atomic E-state index is 12.5. The van der Waals surface area contributed by atoms with Gasteiger partial charge in [-0.25, -0.2) is 0 Å². The molecule has 0 radical (unpaired) electrons. The van der Waals surface area contributed by atoms with E-state index in [4.69, 9.17) is 10.5 Å². The Balaban J connectivity index is 2.05. The van der Waals surface area contributed by atoms with Gasteiger partial charge in [-0.3, -0.25) is 9.59 Å². The molecule has 0 atom stereocenters. The van der Waals surface area contributed by atoms with E-state index in [1.54, 1.807) is 24.3 Å². The van der Waals surface area contributed by atoms with E-state index in [-0.39, 0.29) is 25.5 Å². The highest BCUT2D eigenvalue weighted by Crippen LogP contribution is 2.19. The molecule has 120 valence electrons. The molecule has 2 aromatic rings. The Morgan fingerprint density at radius 3 is 2.48 bits per heavy atom. The lowest BCUT2D eigenvalue weighted by Gasteiger charge is -2.22. The van der Waals surface area contributed by atoms with Crippen molar-refractivity contribution in [3.05, 3.63) is 59.1 Å². The summed E-state index contributed by atoms with van der Waals surface area (Å²) in [5.41, 5.74) is 5.89. The van der Waals surface area contributed by atoms with Gasteiger partial charge >= 0.3 is 0 Å². The van der Waals surface area contributed by atoms with Gasteiger partial charge in [-0.05, 0) is 30.3 Å². The number of rotatable bonds is 7. The Labute approximate surface area is 143 Å². The van der Waals surface area contributed by atoms with Crippen LogP contribution in [-0.4, -0.2) is 25.0 Å². The highest BCUT2D eigenvalue weighted by atomic mass is 79.9. The van der Waals surface area contributed by atoms with Crippen LogP contribution in [0.4, 0.5) is 5.69 Å². The number of hydrogen-bond acceptors (Lipinski definition) is 3. The monoisotopic (exact) mass is 376 g/mol. The van der Waals surface area contributed by atoms with Crippen LogP contribution in [0, 0.1) is 0 Å². The Hall–Kier alpha value is -2.34. The lowest BCUT2D eigenvalue weighted by molar-refractivity contribution is -0.120. The highest BCUT2D eigenvalue weighted by Gasteiger charge is 2.17. The summed E-state index contributed by atoms with van der Waals surface area (Å²) < 4.78 is 6.39. The van der Waals surface area contributed by atoms with Crippen molar-refractivity contribution in [2.45, 2.75) is 6.42 Å². The molecule has 0 bridgehead atoms. The van der Waals surface area contributed by atoms with Gasteiger partial charge in [0.05, 0.1) is 0 Å². The van der Waals surface area contributed by atoms with Crippen molar-refractivity contribution in [2.75, 3.05) is 18.1 Å². The van der Waals surface area contributed by atoms with Crippen molar-refractivity contribution < 1.29 is 14.3 Å². The zero-order chi connectivity index (χ0) is 16.7. The van der Waals surface area contributed by atoms with Crippen molar-refractivity contribution in [1.29, 1.82) is 0 Å². The summed E-state index contributed by atoms with van der Waals surface area (Å²) in [4.78, 5) is 25.0. The number of carbonyl (C=O) groups is 2. The van der Waals surface area contributed by atoms with E-state index in [9.17, 15) is 9.59 Å². The third-order valence-electron chi connectivity index (χ3n) is 3.11. The van der Waals surface area contributed by atoms with Gasteiger partial charge in [0.25, 0.3) is 5.91 Å². The van der Waals surface area contributed by atoms with Crippen LogP contribution in [0.3, 0.4) is 0 Å². The smallest absolute Gasteiger partial charge is 0.264 e. The molecule has 6 heteroatoms. The molecule has 0 aliphatic carbocycles. The average Bonchev–Trinajstić information content (AvgIpc) is 2.54. The molecule has 0 spiro atoms. The van der Waals surface area contributed by atoms with Gasteiger partial charge in [0.15, 0.2) is 6.61 Å². The lowest BCUT2D eigenvalue weighted by atomic mass is 10.2. The zero-order valence-corrected chi connectivity index (χ0v) is 14.0. The predicted molar refractivity (Wildman–Crippen MR) is 92.2 cm³/mol. The number of benzene rings is 2. The first kappa shape index (κ1) is 17.0. The Bertz CT molecular complexity index is 677. The van der Waals surface area contributed by atoms with Crippen LogP contribution in [0.2, 0.25) is 0 Å². The second-order valence-electron chi connectivity index (χ2n) is 4.84. The van der Waals surface area contributed by atoms with E-state index in [1.165, 1.54) is 4.90 Å². The number of amides is 2. The van der Waals surface area contributed by atoms with Crippen LogP contribution in [0.25, 0.3) is 0 Å². The van der Waals surface area contributed by atoms with Gasteiger partial charge < -0.3 is 15.4 Å². The van der Waals surface area contributed by atoms with E-state index >= 15 is 0 Å². The summed E-state index contributed by atoms with van der Waals surface area (Å²) in [5, 5.41) is 0. The van der Waals surface area contributed by atoms with Crippen LogP contribution in [-0.2, 0) is 9.59 Å². The molecule has 0 fully saturated rings. The van der Waals surface area contributed by atoms with E-state index < -0.39 is 5.91 Å². The third-order valence-corrected chi connectivity index (χ3v) is 3.60. The minimum absolute atomic E-state index is 0.0948. The van der Waals surface area contributed by atoms with E-state index in [0.717, 1.165) is 4.47 Å². The molecule has 0 heterocycles. The number of ether oxygens (including phenoxy) is 1. The molecule has 0 aromatic heterocycles. The normalized spacial score (nSPS) is 10.1. The molecule has 0 aliphatic heterocycles. The van der Waals surface area contributed by atoms with Gasteiger partial charge in [0.1, 0.15) is 5.75 Å². The first-order valence-corrected chi connectivity index (χ1v) is 7.87. The maximum absolute atomic E-state index is 12.5. The lowest BCUT2D eigenvalue weighted by Crippen LogP contribution is -2.37. The minimum Gasteiger partial charge on any atom is -0.484 e. The van der Waals surface area contributed by atoms with Crippen LogP contribution in [0.1, 0.15) is 6.42 Å².